The fraction of sp³-hybridized carbons (Fsp3) is 0.214. The van der Waals surface area contributed by atoms with Crippen LogP contribution >= 0.6 is 23.4 Å². The van der Waals surface area contributed by atoms with Crippen molar-refractivity contribution in [2.45, 2.75) is 22.5 Å². The van der Waals surface area contributed by atoms with E-state index in [2.05, 4.69) is 4.98 Å². The summed E-state index contributed by atoms with van der Waals surface area (Å²) in [5.41, 5.74) is 5.66. The van der Waals surface area contributed by atoms with Crippen LogP contribution in [0.15, 0.2) is 46.5 Å². The molecule has 0 aliphatic heterocycles. The van der Waals surface area contributed by atoms with Gasteiger partial charge < -0.3 is 5.73 Å². The molecule has 1 aromatic heterocycles. The van der Waals surface area contributed by atoms with E-state index in [-0.39, 0.29) is 0 Å². The third kappa shape index (κ3) is 4.36. The summed E-state index contributed by atoms with van der Waals surface area (Å²) in [7, 11) is 0. The predicted molar refractivity (Wildman–Crippen MR) is 77.6 cm³/mol. The van der Waals surface area contributed by atoms with Gasteiger partial charge in [-0.05, 0) is 42.8 Å². The molecule has 0 aliphatic rings. The molecule has 0 amide bonds. The summed E-state index contributed by atoms with van der Waals surface area (Å²) in [6.07, 6.45) is -2.86. The first kappa shape index (κ1) is 16.1. The van der Waals surface area contributed by atoms with Crippen LogP contribution < -0.4 is 5.73 Å². The van der Waals surface area contributed by atoms with Crippen LogP contribution in [-0.4, -0.2) is 11.5 Å². The lowest BCUT2D eigenvalue weighted by atomic mass is 10.1. The molecule has 2 aromatic rings. The average molecular weight is 333 g/mol. The minimum atomic E-state index is -4.37. The van der Waals surface area contributed by atoms with Crippen molar-refractivity contribution < 1.29 is 13.2 Å². The molecule has 0 saturated carbocycles. The topological polar surface area (TPSA) is 38.9 Å². The normalized spacial score (nSPS) is 11.7. The van der Waals surface area contributed by atoms with Gasteiger partial charge in [0.2, 0.25) is 0 Å². The Morgan fingerprint density at radius 3 is 2.48 bits per heavy atom. The van der Waals surface area contributed by atoms with E-state index in [9.17, 15) is 13.2 Å². The first-order chi connectivity index (χ1) is 9.90. The van der Waals surface area contributed by atoms with Crippen molar-refractivity contribution in [3.05, 3.63) is 52.7 Å². The molecule has 0 fully saturated rings. The zero-order chi connectivity index (χ0) is 15.5. The minimum absolute atomic E-state index is 0.477. The van der Waals surface area contributed by atoms with Crippen LogP contribution in [0, 0.1) is 0 Å². The number of hydrogen-bond donors (Lipinski definition) is 1. The molecular weight excluding hydrogens is 321 g/mol. The van der Waals surface area contributed by atoms with Crippen LogP contribution in [-0.2, 0) is 12.6 Å². The summed E-state index contributed by atoms with van der Waals surface area (Å²) >= 11 is 7.38. The number of hydrogen-bond acceptors (Lipinski definition) is 3. The van der Waals surface area contributed by atoms with E-state index in [1.54, 1.807) is 6.07 Å². The molecule has 0 saturated heterocycles. The highest BCUT2D eigenvalue weighted by atomic mass is 35.5. The maximum atomic E-state index is 12.4. The number of pyridine rings is 1. The Labute approximate surface area is 129 Å². The highest BCUT2D eigenvalue weighted by Crippen LogP contribution is 2.32. The highest BCUT2D eigenvalue weighted by molar-refractivity contribution is 7.99. The largest absolute Gasteiger partial charge is 0.417 e. The molecule has 0 aliphatic carbocycles. The Bertz CT molecular complexity index is 615. The van der Waals surface area contributed by atoms with Gasteiger partial charge in [-0.1, -0.05) is 29.4 Å². The van der Waals surface area contributed by atoms with Gasteiger partial charge in [-0.3, -0.25) is 0 Å². The molecule has 0 spiro atoms. The van der Waals surface area contributed by atoms with Crippen molar-refractivity contribution in [2.24, 2.45) is 5.73 Å². The van der Waals surface area contributed by atoms with Gasteiger partial charge in [0.15, 0.2) is 0 Å². The number of nitrogens with zero attached hydrogens (tertiary/aromatic N) is 1. The molecule has 2 N–H and O–H groups in total. The van der Waals surface area contributed by atoms with Crippen molar-refractivity contribution in [1.82, 2.24) is 4.98 Å². The molecular formula is C14H12ClF3N2S. The molecule has 0 atom stereocenters. The van der Waals surface area contributed by atoms with Crippen LogP contribution in [0.4, 0.5) is 13.2 Å². The van der Waals surface area contributed by atoms with Crippen LogP contribution in [0.5, 0.6) is 0 Å². The predicted octanol–water partition coefficient (Wildman–Crippen LogP) is 4.41. The van der Waals surface area contributed by atoms with E-state index >= 15 is 0 Å². The van der Waals surface area contributed by atoms with Crippen LogP contribution in [0.25, 0.3) is 0 Å². The molecule has 112 valence electrons. The van der Waals surface area contributed by atoms with Crippen molar-refractivity contribution >= 4 is 23.4 Å². The van der Waals surface area contributed by atoms with Gasteiger partial charge in [0.05, 0.1) is 5.56 Å². The average Bonchev–Trinajstić information content (AvgIpc) is 2.42. The molecule has 21 heavy (non-hydrogen) atoms. The molecule has 1 heterocycles. The van der Waals surface area contributed by atoms with E-state index in [1.165, 1.54) is 17.8 Å². The summed E-state index contributed by atoms with van der Waals surface area (Å²) < 4.78 is 37.3. The number of rotatable bonds is 4. The summed E-state index contributed by atoms with van der Waals surface area (Å²) in [5.74, 6) is 0. The fourth-order valence-electron chi connectivity index (χ4n) is 1.68. The van der Waals surface area contributed by atoms with E-state index < -0.39 is 11.7 Å². The van der Waals surface area contributed by atoms with E-state index in [1.807, 2.05) is 12.1 Å². The quantitative estimate of drug-likeness (QED) is 0.901. The zero-order valence-corrected chi connectivity index (χ0v) is 12.4. The number of aromatic nitrogens is 1. The number of benzene rings is 1. The second-order valence-electron chi connectivity index (χ2n) is 4.28. The van der Waals surface area contributed by atoms with E-state index in [0.717, 1.165) is 22.7 Å². The lowest BCUT2D eigenvalue weighted by molar-refractivity contribution is -0.137. The lowest BCUT2D eigenvalue weighted by Gasteiger charge is -2.08. The molecule has 2 nitrogen and oxygen atoms in total. The summed E-state index contributed by atoms with van der Waals surface area (Å²) in [6, 6.07) is 7.83. The van der Waals surface area contributed by atoms with Gasteiger partial charge >= 0.3 is 6.18 Å². The summed E-state index contributed by atoms with van der Waals surface area (Å²) in [4.78, 5) is 4.62. The third-order valence-corrected chi connectivity index (χ3v) is 4.02. The molecule has 0 bridgehead atoms. The zero-order valence-electron chi connectivity index (χ0n) is 10.8. The first-order valence-electron chi connectivity index (χ1n) is 6.10. The van der Waals surface area contributed by atoms with Gasteiger partial charge in [-0.25, -0.2) is 4.98 Å². The second kappa shape index (κ2) is 6.68. The smallest absolute Gasteiger partial charge is 0.330 e. The first-order valence-corrected chi connectivity index (χ1v) is 7.29. The van der Waals surface area contributed by atoms with Gasteiger partial charge in [-0.2, -0.15) is 13.2 Å². The van der Waals surface area contributed by atoms with Crippen molar-refractivity contribution in [2.75, 3.05) is 6.54 Å². The van der Waals surface area contributed by atoms with Crippen LogP contribution in [0.1, 0.15) is 11.1 Å². The van der Waals surface area contributed by atoms with Gasteiger partial charge in [0, 0.05) is 16.1 Å². The molecule has 2 rings (SSSR count). The minimum Gasteiger partial charge on any atom is -0.330 e. The Kier molecular flexibility index (Phi) is 5.13. The number of halogens is 4. The Hall–Kier alpha value is -1.24. The summed E-state index contributed by atoms with van der Waals surface area (Å²) in [5, 5.41) is 1.07. The SMILES string of the molecule is NCCc1ccc(Sc2ccc(C(F)(F)F)cn2)cc1Cl. The Morgan fingerprint density at radius 2 is 1.95 bits per heavy atom. The van der Waals surface area contributed by atoms with Crippen molar-refractivity contribution in [3.63, 3.8) is 0 Å². The maximum absolute atomic E-state index is 12.4. The Morgan fingerprint density at radius 1 is 1.19 bits per heavy atom. The van der Waals surface area contributed by atoms with E-state index in [0.29, 0.717) is 23.0 Å². The fourth-order valence-corrected chi connectivity index (χ4v) is 2.81. The lowest BCUT2D eigenvalue weighted by Crippen LogP contribution is -2.05. The maximum Gasteiger partial charge on any atom is 0.417 e. The monoisotopic (exact) mass is 332 g/mol. The van der Waals surface area contributed by atoms with E-state index in [4.69, 9.17) is 17.3 Å². The molecule has 0 radical (unpaired) electrons. The Balaban J connectivity index is 2.13. The van der Waals surface area contributed by atoms with Gasteiger partial charge in [0.1, 0.15) is 5.03 Å². The van der Waals surface area contributed by atoms with Crippen molar-refractivity contribution in [1.29, 1.82) is 0 Å². The molecule has 7 heteroatoms. The molecule has 0 unspecified atom stereocenters. The van der Waals surface area contributed by atoms with Crippen LogP contribution in [0.2, 0.25) is 5.02 Å². The van der Waals surface area contributed by atoms with Gasteiger partial charge in [-0.15, -0.1) is 0 Å². The van der Waals surface area contributed by atoms with Gasteiger partial charge in [0.25, 0.3) is 0 Å². The highest BCUT2D eigenvalue weighted by Gasteiger charge is 2.30. The second-order valence-corrected chi connectivity index (χ2v) is 5.78. The number of alkyl halides is 3. The molecule has 1 aromatic carbocycles. The number of nitrogens with two attached hydrogens (primary N) is 1. The third-order valence-electron chi connectivity index (χ3n) is 2.72. The van der Waals surface area contributed by atoms with Crippen LogP contribution in [0.3, 0.4) is 0 Å². The van der Waals surface area contributed by atoms with Crippen molar-refractivity contribution in [3.8, 4) is 0 Å². The summed E-state index contributed by atoms with van der Waals surface area (Å²) in [6.45, 7) is 0.507. The standard InChI is InChI=1S/C14H12ClF3N2S/c15-12-7-11(3-1-9(12)5-6-19)21-13-4-2-10(8-20-13)14(16,17)18/h1-4,7-8H,5-6,19H2.